The summed E-state index contributed by atoms with van der Waals surface area (Å²) in [5.74, 6) is -0.817. The van der Waals surface area contributed by atoms with Crippen LogP contribution in [-0.2, 0) is 4.79 Å². The molecule has 1 unspecified atom stereocenters. The maximum Gasteiger partial charge on any atom is 0.326 e. The predicted octanol–water partition coefficient (Wildman–Crippen LogP) is 5.03. The highest BCUT2D eigenvalue weighted by atomic mass is 16.4. The highest BCUT2D eigenvalue weighted by Crippen LogP contribution is 2.34. The van der Waals surface area contributed by atoms with Crippen molar-refractivity contribution in [2.45, 2.75) is 32.2 Å². The summed E-state index contributed by atoms with van der Waals surface area (Å²) in [5, 5.41) is 9.76. The van der Waals surface area contributed by atoms with Gasteiger partial charge in [-0.05, 0) is 6.42 Å². The topological polar surface area (TPSA) is 55.1 Å². The molecule has 0 saturated carbocycles. The van der Waals surface area contributed by atoms with Crippen molar-refractivity contribution in [3.8, 4) is 22.5 Å². The second-order valence-corrected chi connectivity index (χ2v) is 6.08. The van der Waals surface area contributed by atoms with Crippen molar-refractivity contribution in [2.75, 3.05) is 0 Å². The van der Waals surface area contributed by atoms with Gasteiger partial charge in [0.15, 0.2) is 0 Å². The van der Waals surface area contributed by atoms with E-state index >= 15 is 0 Å². The molecule has 1 heterocycles. The Morgan fingerprint density at radius 2 is 1.64 bits per heavy atom. The summed E-state index contributed by atoms with van der Waals surface area (Å²) in [5.41, 5.74) is 3.63. The minimum absolute atomic E-state index is 0.594. The summed E-state index contributed by atoms with van der Waals surface area (Å²) < 4.78 is 1.82. The number of benzene rings is 2. The van der Waals surface area contributed by atoms with Gasteiger partial charge in [0.25, 0.3) is 0 Å². The first-order chi connectivity index (χ1) is 12.2. The molecule has 0 radical (unpaired) electrons. The highest BCUT2D eigenvalue weighted by molar-refractivity contribution is 5.81. The summed E-state index contributed by atoms with van der Waals surface area (Å²) in [6, 6.07) is 19.2. The van der Waals surface area contributed by atoms with Crippen molar-refractivity contribution in [3.05, 3.63) is 67.0 Å². The zero-order valence-electron chi connectivity index (χ0n) is 14.3. The van der Waals surface area contributed by atoms with E-state index in [0.29, 0.717) is 6.42 Å². The number of hydrogen-bond acceptors (Lipinski definition) is 2. The fourth-order valence-corrected chi connectivity index (χ4v) is 3.07. The van der Waals surface area contributed by atoms with Crippen molar-refractivity contribution >= 4 is 5.97 Å². The van der Waals surface area contributed by atoms with Crippen LogP contribution < -0.4 is 0 Å². The van der Waals surface area contributed by atoms with Gasteiger partial charge in [0.1, 0.15) is 6.04 Å². The lowest BCUT2D eigenvalue weighted by Gasteiger charge is -2.18. The molecule has 3 aromatic rings. The smallest absolute Gasteiger partial charge is 0.326 e. The minimum atomic E-state index is -0.817. The molecule has 0 saturated heterocycles. The molecule has 128 valence electrons. The minimum Gasteiger partial charge on any atom is -0.480 e. The summed E-state index contributed by atoms with van der Waals surface area (Å²) in [6.45, 7) is 2.07. The van der Waals surface area contributed by atoms with E-state index in [1.54, 1.807) is 6.33 Å². The molecule has 0 aliphatic carbocycles. The fraction of sp³-hybridized carbons (Fsp3) is 0.238. The number of carbonyl (C=O) groups is 1. The summed E-state index contributed by atoms with van der Waals surface area (Å²) in [6.07, 6.45) is 4.09. The monoisotopic (exact) mass is 334 g/mol. The van der Waals surface area contributed by atoms with Gasteiger partial charge in [-0.15, -0.1) is 0 Å². The van der Waals surface area contributed by atoms with Crippen molar-refractivity contribution in [3.63, 3.8) is 0 Å². The second kappa shape index (κ2) is 7.79. The van der Waals surface area contributed by atoms with Gasteiger partial charge >= 0.3 is 5.97 Å². The number of nitrogens with zero attached hydrogens (tertiary/aromatic N) is 2. The van der Waals surface area contributed by atoms with Crippen LogP contribution in [0.1, 0.15) is 32.2 Å². The van der Waals surface area contributed by atoms with E-state index < -0.39 is 12.0 Å². The number of carboxylic acids is 1. The summed E-state index contributed by atoms with van der Waals surface area (Å²) in [4.78, 5) is 16.5. The maximum atomic E-state index is 11.9. The van der Waals surface area contributed by atoms with Gasteiger partial charge in [0, 0.05) is 11.1 Å². The average Bonchev–Trinajstić information content (AvgIpc) is 3.08. The third-order valence-corrected chi connectivity index (χ3v) is 4.34. The standard InChI is InChI=1S/C21H22N2O2/c1-2-3-14-18(21(24)25)23-15-22-19(16-10-6-4-7-11-16)20(23)17-12-8-5-9-13-17/h4-13,15,18H,2-3,14H2,1H3,(H,24,25). The van der Waals surface area contributed by atoms with Gasteiger partial charge in [-0.25, -0.2) is 9.78 Å². The Morgan fingerprint density at radius 1 is 1.04 bits per heavy atom. The summed E-state index contributed by atoms with van der Waals surface area (Å²) >= 11 is 0. The lowest BCUT2D eigenvalue weighted by atomic mass is 10.0. The van der Waals surface area contributed by atoms with Crippen molar-refractivity contribution in [1.29, 1.82) is 0 Å². The van der Waals surface area contributed by atoms with E-state index in [4.69, 9.17) is 0 Å². The SMILES string of the molecule is CCCCC(C(=O)O)n1cnc(-c2ccccc2)c1-c1ccccc1. The van der Waals surface area contributed by atoms with Crippen LogP contribution in [0.15, 0.2) is 67.0 Å². The van der Waals surface area contributed by atoms with Gasteiger partial charge < -0.3 is 9.67 Å². The number of aliphatic carboxylic acids is 1. The molecule has 1 aromatic heterocycles. The largest absolute Gasteiger partial charge is 0.480 e. The molecule has 1 atom stereocenters. The van der Waals surface area contributed by atoms with Crippen molar-refractivity contribution < 1.29 is 9.90 Å². The normalized spacial score (nSPS) is 12.0. The highest BCUT2D eigenvalue weighted by Gasteiger charge is 2.25. The number of rotatable bonds is 7. The van der Waals surface area contributed by atoms with Gasteiger partial charge in [-0.2, -0.15) is 0 Å². The van der Waals surface area contributed by atoms with E-state index in [-0.39, 0.29) is 0 Å². The second-order valence-electron chi connectivity index (χ2n) is 6.08. The quantitative estimate of drug-likeness (QED) is 0.659. The molecule has 0 bridgehead atoms. The number of aromatic nitrogens is 2. The number of unbranched alkanes of at least 4 members (excludes halogenated alkanes) is 1. The Labute approximate surface area is 147 Å². The molecular weight excluding hydrogens is 312 g/mol. The summed E-state index contributed by atoms with van der Waals surface area (Å²) in [7, 11) is 0. The van der Waals surface area contributed by atoms with Crippen molar-refractivity contribution in [2.24, 2.45) is 0 Å². The molecule has 0 spiro atoms. The Hall–Kier alpha value is -2.88. The first-order valence-corrected chi connectivity index (χ1v) is 8.62. The predicted molar refractivity (Wildman–Crippen MR) is 99.3 cm³/mol. The Morgan fingerprint density at radius 3 is 2.20 bits per heavy atom. The van der Waals surface area contributed by atoms with Crippen LogP contribution in [0.4, 0.5) is 0 Å². The first kappa shape index (κ1) is 17.0. The van der Waals surface area contributed by atoms with Crippen LogP contribution in [0.25, 0.3) is 22.5 Å². The van der Waals surface area contributed by atoms with Crippen molar-refractivity contribution in [1.82, 2.24) is 9.55 Å². The number of hydrogen-bond donors (Lipinski definition) is 1. The van der Waals surface area contributed by atoms with Crippen LogP contribution in [0.2, 0.25) is 0 Å². The molecule has 0 amide bonds. The fourth-order valence-electron chi connectivity index (χ4n) is 3.07. The third kappa shape index (κ3) is 3.63. The van der Waals surface area contributed by atoms with Gasteiger partial charge in [0.2, 0.25) is 0 Å². The number of carboxylic acid groups (broad SMARTS) is 1. The number of imidazole rings is 1. The molecule has 25 heavy (non-hydrogen) atoms. The molecule has 0 aliphatic rings. The van der Waals surface area contributed by atoms with E-state index in [1.807, 2.05) is 65.2 Å². The molecule has 0 aliphatic heterocycles. The van der Waals surface area contributed by atoms with Crippen LogP contribution in [-0.4, -0.2) is 20.6 Å². The van der Waals surface area contributed by atoms with E-state index in [1.165, 1.54) is 0 Å². The molecule has 2 aromatic carbocycles. The zero-order chi connectivity index (χ0) is 17.6. The lowest BCUT2D eigenvalue weighted by Crippen LogP contribution is -2.19. The molecule has 0 fully saturated rings. The third-order valence-electron chi connectivity index (χ3n) is 4.34. The first-order valence-electron chi connectivity index (χ1n) is 8.62. The van der Waals surface area contributed by atoms with E-state index in [2.05, 4.69) is 11.9 Å². The Bertz CT molecular complexity index is 826. The molecule has 4 heteroatoms. The van der Waals surface area contributed by atoms with Gasteiger partial charge in [-0.1, -0.05) is 80.4 Å². The van der Waals surface area contributed by atoms with E-state index in [0.717, 1.165) is 35.4 Å². The average molecular weight is 334 g/mol. The van der Waals surface area contributed by atoms with Crippen LogP contribution in [0.3, 0.4) is 0 Å². The van der Waals surface area contributed by atoms with Crippen LogP contribution in [0, 0.1) is 0 Å². The van der Waals surface area contributed by atoms with Gasteiger partial charge in [0.05, 0.1) is 17.7 Å². The molecular formula is C21H22N2O2. The lowest BCUT2D eigenvalue weighted by molar-refractivity contribution is -0.141. The Kier molecular flexibility index (Phi) is 5.29. The van der Waals surface area contributed by atoms with E-state index in [9.17, 15) is 9.90 Å². The molecule has 4 nitrogen and oxygen atoms in total. The molecule has 3 rings (SSSR count). The maximum absolute atomic E-state index is 11.9. The van der Waals surface area contributed by atoms with Crippen LogP contribution >= 0.6 is 0 Å². The Balaban J connectivity index is 2.16. The molecule has 1 N–H and O–H groups in total. The van der Waals surface area contributed by atoms with Gasteiger partial charge in [-0.3, -0.25) is 0 Å². The van der Waals surface area contributed by atoms with Crippen LogP contribution in [0.5, 0.6) is 0 Å². The zero-order valence-corrected chi connectivity index (χ0v) is 14.3.